The van der Waals surface area contributed by atoms with Crippen molar-refractivity contribution in [2.45, 2.75) is 0 Å². The molecule has 0 saturated carbocycles. The summed E-state index contributed by atoms with van der Waals surface area (Å²) in [4.78, 5) is 12.8. The minimum absolute atomic E-state index is 0.394. The number of pyridine rings is 1. The first-order chi connectivity index (χ1) is 13.8. The van der Waals surface area contributed by atoms with Crippen molar-refractivity contribution in [2.24, 2.45) is 0 Å². The number of nitrogens with one attached hydrogen (secondary N) is 2. The molecule has 4 N–H and O–H groups in total. The lowest BCUT2D eigenvalue weighted by Crippen LogP contribution is -2.26. The number of nitrogens with zero attached hydrogens (tertiary/aromatic N) is 4. The molecule has 0 bridgehead atoms. The Morgan fingerprint density at radius 3 is 1.89 bits per heavy atom. The van der Waals surface area contributed by atoms with Crippen molar-refractivity contribution < 1.29 is 0 Å². The Hall–Kier alpha value is -4.13. The number of aromatic nitrogens is 3. The second kappa shape index (κ2) is 8.05. The van der Waals surface area contributed by atoms with E-state index >= 15 is 0 Å². The summed E-state index contributed by atoms with van der Waals surface area (Å²) >= 11 is 0. The number of para-hydroxylation sites is 2. The highest BCUT2D eigenvalue weighted by Crippen LogP contribution is 2.30. The second-order valence-electron chi connectivity index (χ2n) is 5.94. The van der Waals surface area contributed by atoms with Crippen molar-refractivity contribution in [2.75, 3.05) is 21.5 Å². The van der Waals surface area contributed by atoms with Gasteiger partial charge < -0.3 is 11.1 Å². The standard InChI is InChI=1S/C21H19N7/c22-19-20(26-18-13-7-8-14-23-18)24-15-25-21(19)27-28(16-9-3-1-4-10-16)17-11-5-2-6-12-17/h1-15H,22H2,(H2,23,24,25,26,27). The molecule has 0 amide bonds. The smallest absolute Gasteiger partial charge is 0.173 e. The van der Waals surface area contributed by atoms with E-state index in [1.807, 2.05) is 83.9 Å². The summed E-state index contributed by atoms with van der Waals surface area (Å²) in [6, 6.07) is 25.4. The fourth-order valence-electron chi connectivity index (χ4n) is 2.68. The van der Waals surface area contributed by atoms with Gasteiger partial charge in [-0.2, -0.15) is 0 Å². The van der Waals surface area contributed by atoms with Crippen LogP contribution in [0.5, 0.6) is 0 Å². The van der Waals surface area contributed by atoms with Crippen LogP contribution in [0.25, 0.3) is 0 Å². The Morgan fingerprint density at radius 2 is 1.29 bits per heavy atom. The van der Waals surface area contributed by atoms with Gasteiger partial charge in [-0.25, -0.2) is 15.0 Å². The molecule has 0 saturated heterocycles. The van der Waals surface area contributed by atoms with Crippen LogP contribution in [0.1, 0.15) is 0 Å². The molecule has 0 fully saturated rings. The molecule has 7 nitrogen and oxygen atoms in total. The maximum absolute atomic E-state index is 6.33. The molecule has 28 heavy (non-hydrogen) atoms. The van der Waals surface area contributed by atoms with E-state index < -0.39 is 0 Å². The van der Waals surface area contributed by atoms with Gasteiger partial charge in [-0.15, -0.1) is 0 Å². The fourth-order valence-corrected chi connectivity index (χ4v) is 2.68. The van der Waals surface area contributed by atoms with E-state index in [1.165, 1.54) is 6.33 Å². The number of nitrogens with two attached hydrogens (primary N) is 1. The average Bonchev–Trinajstić information content (AvgIpc) is 2.76. The van der Waals surface area contributed by atoms with Crippen LogP contribution in [-0.2, 0) is 0 Å². The Balaban J connectivity index is 1.67. The normalized spacial score (nSPS) is 10.3. The number of hydrazine groups is 1. The molecule has 0 aliphatic heterocycles. The van der Waals surface area contributed by atoms with E-state index in [4.69, 9.17) is 5.73 Å². The maximum atomic E-state index is 6.33. The highest BCUT2D eigenvalue weighted by Gasteiger charge is 2.14. The Morgan fingerprint density at radius 1 is 0.679 bits per heavy atom. The molecule has 0 radical (unpaired) electrons. The maximum Gasteiger partial charge on any atom is 0.173 e. The van der Waals surface area contributed by atoms with Crippen LogP contribution in [0, 0.1) is 0 Å². The molecule has 0 atom stereocenters. The van der Waals surface area contributed by atoms with E-state index in [0.29, 0.717) is 23.1 Å². The first-order valence-electron chi connectivity index (χ1n) is 8.76. The van der Waals surface area contributed by atoms with Gasteiger partial charge in [-0.05, 0) is 36.4 Å². The van der Waals surface area contributed by atoms with Crippen molar-refractivity contribution in [3.63, 3.8) is 0 Å². The zero-order valence-electron chi connectivity index (χ0n) is 15.0. The lowest BCUT2D eigenvalue weighted by Gasteiger charge is -2.26. The molecule has 2 aromatic carbocycles. The predicted octanol–water partition coefficient (Wildman–Crippen LogP) is 4.36. The Bertz CT molecular complexity index is 985. The van der Waals surface area contributed by atoms with Crippen molar-refractivity contribution in [1.29, 1.82) is 0 Å². The van der Waals surface area contributed by atoms with E-state index in [0.717, 1.165) is 11.4 Å². The zero-order valence-corrected chi connectivity index (χ0v) is 15.0. The average molecular weight is 369 g/mol. The Kier molecular flexibility index (Phi) is 4.97. The van der Waals surface area contributed by atoms with Gasteiger partial charge >= 0.3 is 0 Å². The van der Waals surface area contributed by atoms with Crippen LogP contribution in [0.15, 0.2) is 91.4 Å². The SMILES string of the molecule is Nc1c(Nc2ccccn2)ncnc1NN(c1ccccc1)c1ccccc1. The quantitative estimate of drug-likeness (QED) is 0.435. The molecule has 2 heterocycles. The summed E-state index contributed by atoms with van der Waals surface area (Å²) in [5.41, 5.74) is 11.9. The monoisotopic (exact) mass is 369 g/mol. The van der Waals surface area contributed by atoms with Gasteiger partial charge in [0.1, 0.15) is 17.8 Å². The van der Waals surface area contributed by atoms with Gasteiger partial charge in [-0.1, -0.05) is 42.5 Å². The molecule has 0 unspecified atom stereocenters. The van der Waals surface area contributed by atoms with E-state index in [1.54, 1.807) is 6.20 Å². The van der Waals surface area contributed by atoms with Crippen molar-refractivity contribution >= 4 is 34.5 Å². The summed E-state index contributed by atoms with van der Waals surface area (Å²) in [5, 5.41) is 5.04. The summed E-state index contributed by atoms with van der Waals surface area (Å²) in [6.07, 6.45) is 3.16. The van der Waals surface area contributed by atoms with Crippen molar-refractivity contribution in [3.8, 4) is 0 Å². The van der Waals surface area contributed by atoms with Crippen molar-refractivity contribution in [1.82, 2.24) is 15.0 Å². The molecule has 0 aliphatic carbocycles. The molecule has 138 valence electrons. The largest absolute Gasteiger partial charge is 0.393 e. The topological polar surface area (TPSA) is 92.0 Å². The first-order valence-corrected chi connectivity index (χ1v) is 8.76. The first kappa shape index (κ1) is 17.3. The van der Waals surface area contributed by atoms with Crippen LogP contribution in [-0.4, -0.2) is 15.0 Å². The summed E-state index contributed by atoms with van der Waals surface area (Å²) in [7, 11) is 0. The Labute approximate surface area is 162 Å². The number of rotatable bonds is 6. The van der Waals surface area contributed by atoms with E-state index in [2.05, 4.69) is 25.7 Å². The molecule has 0 spiro atoms. The second-order valence-corrected chi connectivity index (χ2v) is 5.94. The third-order valence-corrected chi connectivity index (χ3v) is 4.04. The van der Waals surface area contributed by atoms with Crippen molar-refractivity contribution in [3.05, 3.63) is 91.4 Å². The molecule has 7 heteroatoms. The van der Waals surface area contributed by atoms with Crippen LogP contribution >= 0.6 is 0 Å². The molecule has 0 aliphatic rings. The van der Waals surface area contributed by atoms with Crippen LogP contribution in [0.2, 0.25) is 0 Å². The lowest BCUT2D eigenvalue weighted by atomic mass is 10.2. The minimum Gasteiger partial charge on any atom is -0.393 e. The van der Waals surface area contributed by atoms with Crippen LogP contribution < -0.4 is 21.5 Å². The minimum atomic E-state index is 0.394. The van der Waals surface area contributed by atoms with E-state index in [9.17, 15) is 0 Å². The number of hydrogen-bond acceptors (Lipinski definition) is 7. The van der Waals surface area contributed by atoms with E-state index in [-0.39, 0.29) is 0 Å². The summed E-state index contributed by atoms with van der Waals surface area (Å²) in [6.45, 7) is 0. The van der Waals surface area contributed by atoms with Gasteiger partial charge in [0.05, 0.1) is 11.4 Å². The van der Waals surface area contributed by atoms with Gasteiger partial charge in [0.2, 0.25) is 0 Å². The van der Waals surface area contributed by atoms with Gasteiger partial charge in [-0.3, -0.25) is 10.4 Å². The van der Waals surface area contributed by atoms with Gasteiger partial charge in [0.15, 0.2) is 11.6 Å². The fraction of sp³-hybridized carbons (Fsp3) is 0. The lowest BCUT2D eigenvalue weighted by molar-refractivity contribution is 1.09. The number of benzene rings is 2. The third-order valence-electron chi connectivity index (χ3n) is 4.04. The van der Waals surface area contributed by atoms with Crippen LogP contribution in [0.3, 0.4) is 0 Å². The molecular formula is C21H19N7. The van der Waals surface area contributed by atoms with Gasteiger partial charge in [0.25, 0.3) is 0 Å². The molecule has 4 aromatic rings. The third kappa shape index (κ3) is 3.83. The number of nitrogen functional groups attached to an aromatic ring is 1. The highest BCUT2D eigenvalue weighted by molar-refractivity contribution is 5.79. The summed E-state index contributed by atoms with van der Waals surface area (Å²) < 4.78 is 0. The summed E-state index contributed by atoms with van der Waals surface area (Å²) in [5.74, 6) is 1.63. The van der Waals surface area contributed by atoms with Crippen LogP contribution in [0.4, 0.5) is 34.5 Å². The molecule has 4 rings (SSSR count). The number of hydrogen-bond donors (Lipinski definition) is 3. The molecular weight excluding hydrogens is 350 g/mol. The molecule has 2 aromatic heterocycles. The highest BCUT2D eigenvalue weighted by atomic mass is 15.5. The van der Waals surface area contributed by atoms with Gasteiger partial charge in [0, 0.05) is 6.20 Å². The zero-order chi connectivity index (χ0) is 19.2. The predicted molar refractivity (Wildman–Crippen MR) is 113 cm³/mol. The number of anilines is 6.